The summed E-state index contributed by atoms with van der Waals surface area (Å²) in [6.45, 7) is 0. The van der Waals surface area contributed by atoms with Gasteiger partial charge in [-0.1, -0.05) is 0 Å². The van der Waals surface area contributed by atoms with Gasteiger partial charge in [0.2, 0.25) is 5.75 Å². The molecule has 0 bridgehead atoms. The summed E-state index contributed by atoms with van der Waals surface area (Å²) < 4.78 is 15.9. The highest BCUT2D eigenvalue weighted by Crippen LogP contribution is 2.40. The number of hydroxylamine groups is 1. The quantitative estimate of drug-likeness (QED) is 0.402. The second kappa shape index (κ2) is 8.55. The average molecular weight is 345 g/mol. The number of aromatic nitrogens is 1. The molecule has 1 amide bonds. The third-order valence-corrected chi connectivity index (χ3v) is 3.29. The summed E-state index contributed by atoms with van der Waals surface area (Å²) >= 11 is 0. The number of anilines is 2. The molecule has 0 fully saturated rings. The van der Waals surface area contributed by atoms with Crippen molar-refractivity contribution in [3.63, 3.8) is 0 Å². The van der Waals surface area contributed by atoms with E-state index in [1.165, 1.54) is 39.0 Å². The summed E-state index contributed by atoms with van der Waals surface area (Å²) in [5.41, 5.74) is 2.85. The van der Waals surface area contributed by atoms with E-state index in [-0.39, 0.29) is 0 Å². The predicted octanol–water partition coefficient (Wildman–Crippen LogP) is 2.37. The standard InChI is InChI=1S/C17H19N3O5/c1-23-13-9-12(10-14(24-2)16(13)25-3)19-17-11(5-4-8-18-17)6-7-15(21)20-22/h4-10,22H,1-3H3,(H,18,19)(H,20,21)/b7-6+. The molecule has 2 aromatic rings. The van der Waals surface area contributed by atoms with Crippen molar-refractivity contribution in [3.8, 4) is 17.2 Å². The lowest BCUT2D eigenvalue weighted by Crippen LogP contribution is -2.14. The van der Waals surface area contributed by atoms with Gasteiger partial charge in [0, 0.05) is 35.7 Å². The van der Waals surface area contributed by atoms with Gasteiger partial charge >= 0.3 is 0 Å². The van der Waals surface area contributed by atoms with Gasteiger partial charge in [-0.05, 0) is 18.2 Å². The predicted molar refractivity (Wildman–Crippen MR) is 92.6 cm³/mol. The Kier molecular flexibility index (Phi) is 6.19. The van der Waals surface area contributed by atoms with E-state index < -0.39 is 5.91 Å². The maximum absolute atomic E-state index is 11.2. The molecule has 0 spiro atoms. The molecule has 0 atom stereocenters. The summed E-state index contributed by atoms with van der Waals surface area (Å²) in [5, 5.41) is 11.7. The molecular weight excluding hydrogens is 326 g/mol. The molecule has 0 radical (unpaired) electrons. The van der Waals surface area contributed by atoms with Gasteiger partial charge in [0.1, 0.15) is 5.82 Å². The van der Waals surface area contributed by atoms with Crippen molar-refractivity contribution in [3.05, 3.63) is 42.1 Å². The Morgan fingerprint density at radius 2 is 1.84 bits per heavy atom. The topological polar surface area (TPSA) is 102 Å². The van der Waals surface area contributed by atoms with E-state index in [9.17, 15) is 4.79 Å². The minimum atomic E-state index is -0.636. The van der Waals surface area contributed by atoms with Crippen LogP contribution >= 0.6 is 0 Å². The molecule has 0 aliphatic rings. The van der Waals surface area contributed by atoms with Crippen LogP contribution in [0.25, 0.3) is 6.08 Å². The van der Waals surface area contributed by atoms with Crippen molar-refractivity contribution in [2.45, 2.75) is 0 Å². The van der Waals surface area contributed by atoms with Crippen molar-refractivity contribution in [2.24, 2.45) is 0 Å². The number of hydrogen-bond acceptors (Lipinski definition) is 7. The average Bonchev–Trinajstić information content (AvgIpc) is 2.66. The molecule has 1 heterocycles. The van der Waals surface area contributed by atoms with Crippen LogP contribution in [-0.2, 0) is 4.79 Å². The molecular formula is C17H19N3O5. The van der Waals surface area contributed by atoms with Crippen LogP contribution in [0.4, 0.5) is 11.5 Å². The molecule has 8 heteroatoms. The summed E-state index contributed by atoms with van der Waals surface area (Å²) in [6, 6.07) is 6.99. The molecule has 0 unspecified atom stereocenters. The van der Waals surface area contributed by atoms with Crippen LogP contribution < -0.4 is 25.0 Å². The lowest BCUT2D eigenvalue weighted by Gasteiger charge is -2.15. The fraction of sp³-hybridized carbons (Fsp3) is 0.176. The zero-order valence-corrected chi connectivity index (χ0v) is 14.1. The number of ether oxygens (including phenoxy) is 3. The second-order valence-electron chi connectivity index (χ2n) is 4.79. The Bertz CT molecular complexity index is 752. The van der Waals surface area contributed by atoms with Gasteiger partial charge in [-0.2, -0.15) is 0 Å². The van der Waals surface area contributed by atoms with Crippen LogP contribution in [0.15, 0.2) is 36.5 Å². The van der Waals surface area contributed by atoms with Crippen LogP contribution in [0.2, 0.25) is 0 Å². The van der Waals surface area contributed by atoms with E-state index in [0.29, 0.717) is 34.3 Å². The number of benzene rings is 1. The largest absolute Gasteiger partial charge is 0.493 e. The lowest BCUT2D eigenvalue weighted by atomic mass is 10.2. The smallest absolute Gasteiger partial charge is 0.267 e. The Labute approximate surface area is 145 Å². The zero-order valence-electron chi connectivity index (χ0n) is 14.1. The molecule has 2 rings (SSSR count). The highest BCUT2D eigenvalue weighted by atomic mass is 16.5. The number of nitrogens with one attached hydrogen (secondary N) is 2. The zero-order chi connectivity index (χ0) is 18.2. The Balaban J connectivity index is 2.37. The van der Waals surface area contributed by atoms with E-state index in [4.69, 9.17) is 19.4 Å². The summed E-state index contributed by atoms with van der Waals surface area (Å²) in [7, 11) is 4.59. The van der Waals surface area contributed by atoms with Crippen molar-refractivity contribution in [2.75, 3.05) is 26.6 Å². The van der Waals surface area contributed by atoms with Crippen molar-refractivity contribution < 1.29 is 24.2 Å². The number of nitrogens with zero attached hydrogens (tertiary/aromatic N) is 1. The molecule has 0 aliphatic heterocycles. The van der Waals surface area contributed by atoms with Crippen LogP contribution in [0.5, 0.6) is 17.2 Å². The maximum atomic E-state index is 11.2. The Hall–Kier alpha value is -3.26. The molecule has 3 N–H and O–H groups in total. The maximum Gasteiger partial charge on any atom is 0.267 e. The fourth-order valence-corrected chi connectivity index (χ4v) is 2.15. The summed E-state index contributed by atoms with van der Waals surface area (Å²) in [5.74, 6) is 1.35. The van der Waals surface area contributed by atoms with Crippen molar-refractivity contribution in [1.29, 1.82) is 0 Å². The first-order valence-electron chi connectivity index (χ1n) is 7.27. The Morgan fingerprint density at radius 1 is 1.16 bits per heavy atom. The molecule has 8 nitrogen and oxygen atoms in total. The molecule has 0 saturated carbocycles. The van der Waals surface area contributed by atoms with E-state index in [1.807, 2.05) is 0 Å². The third kappa shape index (κ3) is 4.39. The third-order valence-electron chi connectivity index (χ3n) is 3.29. The van der Waals surface area contributed by atoms with E-state index in [0.717, 1.165) is 0 Å². The molecule has 25 heavy (non-hydrogen) atoms. The normalized spacial score (nSPS) is 10.4. The van der Waals surface area contributed by atoms with Gasteiger partial charge in [-0.3, -0.25) is 10.0 Å². The number of methoxy groups -OCH3 is 3. The highest BCUT2D eigenvalue weighted by molar-refractivity contribution is 5.91. The minimum Gasteiger partial charge on any atom is -0.493 e. The monoisotopic (exact) mass is 345 g/mol. The number of rotatable bonds is 7. The number of carbonyl (C=O) groups is 1. The van der Waals surface area contributed by atoms with E-state index >= 15 is 0 Å². The molecule has 0 aliphatic carbocycles. The van der Waals surface area contributed by atoms with Gasteiger partial charge in [0.05, 0.1) is 21.3 Å². The number of pyridine rings is 1. The highest BCUT2D eigenvalue weighted by Gasteiger charge is 2.14. The van der Waals surface area contributed by atoms with Gasteiger partial charge in [0.15, 0.2) is 11.5 Å². The van der Waals surface area contributed by atoms with Gasteiger partial charge in [-0.15, -0.1) is 0 Å². The van der Waals surface area contributed by atoms with Crippen molar-refractivity contribution >= 4 is 23.5 Å². The first-order valence-corrected chi connectivity index (χ1v) is 7.27. The van der Waals surface area contributed by atoms with Crippen LogP contribution in [0, 0.1) is 0 Å². The number of hydrogen-bond donors (Lipinski definition) is 3. The van der Waals surface area contributed by atoms with Crippen LogP contribution in [0.1, 0.15) is 5.56 Å². The van der Waals surface area contributed by atoms with E-state index in [2.05, 4.69) is 10.3 Å². The number of carbonyl (C=O) groups excluding carboxylic acids is 1. The molecule has 0 saturated heterocycles. The summed E-state index contributed by atoms with van der Waals surface area (Å²) in [4.78, 5) is 15.4. The van der Waals surface area contributed by atoms with Gasteiger partial charge in [0.25, 0.3) is 5.91 Å². The van der Waals surface area contributed by atoms with Crippen LogP contribution in [0.3, 0.4) is 0 Å². The first kappa shape index (κ1) is 18.1. The molecule has 132 valence electrons. The Morgan fingerprint density at radius 3 is 2.40 bits per heavy atom. The minimum absolute atomic E-state index is 0.483. The van der Waals surface area contributed by atoms with Gasteiger partial charge < -0.3 is 19.5 Å². The second-order valence-corrected chi connectivity index (χ2v) is 4.79. The summed E-state index contributed by atoms with van der Waals surface area (Å²) in [6.07, 6.45) is 4.33. The molecule has 1 aromatic heterocycles. The van der Waals surface area contributed by atoms with Crippen LogP contribution in [-0.4, -0.2) is 37.4 Å². The van der Waals surface area contributed by atoms with E-state index in [1.54, 1.807) is 30.5 Å². The van der Waals surface area contributed by atoms with Crippen molar-refractivity contribution in [1.82, 2.24) is 10.5 Å². The first-order chi connectivity index (χ1) is 12.1. The molecule has 1 aromatic carbocycles. The fourth-order valence-electron chi connectivity index (χ4n) is 2.15. The SMILES string of the molecule is COc1cc(Nc2ncccc2/C=C/C(=O)NO)cc(OC)c1OC. The lowest BCUT2D eigenvalue weighted by molar-refractivity contribution is -0.124. The number of amides is 1. The van der Waals surface area contributed by atoms with Gasteiger partial charge in [-0.25, -0.2) is 10.5 Å².